The highest BCUT2D eigenvalue weighted by molar-refractivity contribution is 6.04. The molecule has 0 heterocycles. The zero-order valence-electron chi connectivity index (χ0n) is 10.4. The number of benzene rings is 2. The smallest absolute Gasteiger partial charge is 0.410 e. The average molecular weight is 253 g/mol. The van der Waals surface area contributed by atoms with Crippen LogP contribution in [0, 0.1) is 18.4 Å². The molecule has 2 N–H and O–H groups in total. The molecule has 0 fully saturated rings. The maximum absolute atomic E-state index is 11.6. The fourth-order valence-electron chi connectivity index (χ4n) is 1.47. The van der Waals surface area contributed by atoms with Crippen LogP contribution in [0.1, 0.15) is 11.1 Å². The second kappa shape index (κ2) is 5.82. The highest BCUT2D eigenvalue weighted by atomic mass is 16.6. The molecule has 0 unspecified atom stereocenters. The fraction of sp³-hybridized carbons (Fsp3) is 0.0667. The number of amidine groups is 1. The van der Waals surface area contributed by atoms with Gasteiger partial charge in [0.15, 0.2) is 0 Å². The van der Waals surface area contributed by atoms with Gasteiger partial charge < -0.3 is 4.74 Å². The average Bonchev–Trinajstić information content (AvgIpc) is 2.42. The van der Waals surface area contributed by atoms with Crippen LogP contribution in [0.3, 0.4) is 0 Å². The molecule has 0 aliphatic heterocycles. The third-order valence-electron chi connectivity index (χ3n) is 2.47. The van der Waals surface area contributed by atoms with Crippen LogP contribution >= 0.6 is 0 Å². The molecule has 0 aliphatic carbocycles. The highest BCUT2D eigenvalue weighted by Gasteiger charge is 2.08. The normalized spacial score (nSPS) is 9.74. The Labute approximate surface area is 111 Å². The molecule has 0 saturated carbocycles. The van der Waals surface area contributed by atoms with Crippen LogP contribution in [0.2, 0.25) is 0 Å². The number of rotatable bonds is 2. The Morgan fingerprint density at radius 1 is 1.16 bits per heavy atom. The molecule has 0 aromatic heterocycles. The Balaban J connectivity index is 1.95. The first-order chi connectivity index (χ1) is 9.15. The molecule has 2 aromatic rings. The minimum atomic E-state index is -0.679. The van der Waals surface area contributed by atoms with E-state index in [4.69, 9.17) is 10.1 Å². The van der Waals surface area contributed by atoms with Crippen LogP contribution in [0.4, 0.5) is 4.79 Å². The maximum atomic E-state index is 11.6. The summed E-state index contributed by atoms with van der Waals surface area (Å²) in [5.74, 6) is 0.434. The standard InChI is InChI=1S/C15H13N2O2/c1-11-7-9-13(10-8-11)19-15(18)17-14(16)12-5-3-2-4-6-12/h3-10H,1H3,(H2,16,17,18). The first-order valence-corrected chi connectivity index (χ1v) is 5.76. The summed E-state index contributed by atoms with van der Waals surface area (Å²) >= 11 is 0. The predicted molar refractivity (Wildman–Crippen MR) is 72.4 cm³/mol. The van der Waals surface area contributed by atoms with Crippen LogP contribution in [-0.4, -0.2) is 11.9 Å². The van der Waals surface area contributed by atoms with Crippen molar-refractivity contribution in [2.75, 3.05) is 0 Å². The molecule has 2 rings (SSSR count). The molecular weight excluding hydrogens is 240 g/mol. The molecule has 95 valence electrons. The third kappa shape index (κ3) is 3.67. The van der Waals surface area contributed by atoms with Crippen molar-refractivity contribution in [2.45, 2.75) is 6.92 Å². The molecule has 0 bridgehead atoms. The first kappa shape index (κ1) is 12.8. The minimum absolute atomic E-state index is 0.00823. The summed E-state index contributed by atoms with van der Waals surface area (Å²) in [5, 5.41) is 10.1. The molecule has 4 nitrogen and oxygen atoms in total. The summed E-state index contributed by atoms with van der Waals surface area (Å²) in [7, 11) is 0. The van der Waals surface area contributed by atoms with Crippen LogP contribution < -0.4 is 10.1 Å². The lowest BCUT2D eigenvalue weighted by Crippen LogP contribution is -2.32. The van der Waals surface area contributed by atoms with Gasteiger partial charge in [-0.2, -0.15) is 0 Å². The number of amides is 1. The summed E-state index contributed by atoms with van der Waals surface area (Å²) in [6.07, 6.45) is -0.679. The van der Waals surface area contributed by atoms with Gasteiger partial charge in [-0.3, -0.25) is 10.7 Å². The number of carbonyl (C=O) groups excluding carboxylic acids is 1. The zero-order valence-corrected chi connectivity index (χ0v) is 10.4. The summed E-state index contributed by atoms with van der Waals surface area (Å²) < 4.78 is 5.06. The van der Waals surface area contributed by atoms with Gasteiger partial charge in [-0.15, -0.1) is 0 Å². The lowest BCUT2D eigenvalue weighted by Gasteiger charge is -2.07. The number of carbonyl (C=O) groups is 1. The van der Waals surface area contributed by atoms with Crippen molar-refractivity contribution >= 4 is 11.9 Å². The first-order valence-electron chi connectivity index (χ1n) is 5.76. The van der Waals surface area contributed by atoms with E-state index < -0.39 is 6.09 Å². The van der Waals surface area contributed by atoms with Gasteiger partial charge in [0.1, 0.15) is 11.6 Å². The van der Waals surface area contributed by atoms with Crippen molar-refractivity contribution in [2.24, 2.45) is 0 Å². The molecule has 1 radical (unpaired) electrons. The molecular formula is C15H13N2O2. The van der Waals surface area contributed by atoms with E-state index in [1.54, 1.807) is 36.4 Å². The highest BCUT2D eigenvalue weighted by Crippen LogP contribution is 2.11. The van der Waals surface area contributed by atoms with Gasteiger partial charge in [0.2, 0.25) is 0 Å². The molecule has 0 atom stereocenters. The lowest BCUT2D eigenvalue weighted by atomic mass is 10.2. The number of hydrogen-bond acceptors (Lipinski definition) is 3. The monoisotopic (exact) mass is 253 g/mol. The van der Waals surface area contributed by atoms with E-state index in [2.05, 4.69) is 11.4 Å². The summed E-state index contributed by atoms with van der Waals surface area (Å²) in [4.78, 5) is 11.6. The second-order valence-electron chi connectivity index (χ2n) is 3.99. The fourth-order valence-corrected chi connectivity index (χ4v) is 1.47. The Morgan fingerprint density at radius 3 is 2.42 bits per heavy atom. The molecule has 0 aliphatic rings. The number of nitrogens with one attached hydrogen (secondary N) is 2. The van der Waals surface area contributed by atoms with Gasteiger partial charge in [-0.05, 0) is 25.1 Å². The Hall–Kier alpha value is -2.62. The van der Waals surface area contributed by atoms with E-state index in [0.29, 0.717) is 11.3 Å². The molecule has 19 heavy (non-hydrogen) atoms. The molecule has 1 amide bonds. The summed E-state index contributed by atoms with van der Waals surface area (Å²) in [6, 6.07) is 16.7. The maximum Gasteiger partial charge on any atom is 0.418 e. The van der Waals surface area contributed by atoms with Crippen molar-refractivity contribution < 1.29 is 9.53 Å². The molecule has 4 heteroatoms. The Morgan fingerprint density at radius 2 is 1.79 bits per heavy atom. The van der Waals surface area contributed by atoms with E-state index in [-0.39, 0.29) is 5.84 Å². The van der Waals surface area contributed by atoms with E-state index in [9.17, 15) is 4.79 Å². The van der Waals surface area contributed by atoms with Gasteiger partial charge in [0.25, 0.3) is 0 Å². The Bertz CT molecular complexity index is 577. The quantitative estimate of drug-likeness (QED) is 0.638. The number of ether oxygens (including phenoxy) is 1. The SMILES string of the molecule is Cc1ccc(OC(=O)NC(=N)c2cc[c]cc2)cc1. The van der Waals surface area contributed by atoms with Crippen molar-refractivity contribution in [1.29, 1.82) is 5.41 Å². The van der Waals surface area contributed by atoms with Crippen molar-refractivity contribution in [3.8, 4) is 5.75 Å². The summed E-state index contributed by atoms with van der Waals surface area (Å²) in [6.45, 7) is 1.95. The van der Waals surface area contributed by atoms with Crippen molar-refractivity contribution in [3.05, 3.63) is 65.7 Å². The topological polar surface area (TPSA) is 62.2 Å². The van der Waals surface area contributed by atoms with Gasteiger partial charge in [0.05, 0.1) is 0 Å². The van der Waals surface area contributed by atoms with Crippen LogP contribution in [0.5, 0.6) is 5.75 Å². The van der Waals surface area contributed by atoms with Gasteiger partial charge >= 0.3 is 6.09 Å². The molecule has 0 saturated heterocycles. The van der Waals surface area contributed by atoms with Crippen LogP contribution in [0.25, 0.3) is 0 Å². The third-order valence-corrected chi connectivity index (χ3v) is 2.47. The number of aryl methyl sites for hydroxylation is 1. The van der Waals surface area contributed by atoms with Gasteiger partial charge in [-0.25, -0.2) is 4.79 Å². The van der Waals surface area contributed by atoms with Gasteiger partial charge in [0, 0.05) is 5.56 Å². The van der Waals surface area contributed by atoms with Crippen molar-refractivity contribution in [1.82, 2.24) is 5.32 Å². The molecule has 0 spiro atoms. The lowest BCUT2D eigenvalue weighted by molar-refractivity contribution is 0.206. The minimum Gasteiger partial charge on any atom is -0.410 e. The van der Waals surface area contributed by atoms with E-state index in [1.807, 2.05) is 19.1 Å². The zero-order chi connectivity index (χ0) is 13.7. The van der Waals surface area contributed by atoms with E-state index >= 15 is 0 Å². The van der Waals surface area contributed by atoms with Gasteiger partial charge in [-0.1, -0.05) is 42.0 Å². The Kier molecular flexibility index (Phi) is 3.93. The van der Waals surface area contributed by atoms with Crippen LogP contribution in [0.15, 0.2) is 48.5 Å². The van der Waals surface area contributed by atoms with Crippen molar-refractivity contribution in [3.63, 3.8) is 0 Å². The summed E-state index contributed by atoms with van der Waals surface area (Å²) in [5.41, 5.74) is 1.68. The predicted octanol–water partition coefficient (Wildman–Crippen LogP) is 2.91. The van der Waals surface area contributed by atoms with E-state index in [1.165, 1.54) is 0 Å². The number of hydrogen-bond donors (Lipinski definition) is 2. The largest absolute Gasteiger partial charge is 0.418 e. The molecule has 2 aromatic carbocycles. The van der Waals surface area contributed by atoms with Crippen LogP contribution in [-0.2, 0) is 0 Å². The second-order valence-corrected chi connectivity index (χ2v) is 3.99. The van der Waals surface area contributed by atoms with E-state index in [0.717, 1.165) is 5.56 Å².